The fraction of sp³-hybridized carbons (Fsp3) is 0.917. The van der Waals surface area contributed by atoms with Gasteiger partial charge in [-0.3, -0.25) is 9.69 Å². The molecule has 0 bridgehead atoms. The van der Waals surface area contributed by atoms with Gasteiger partial charge in [0, 0.05) is 26.7 Å². The minimum Gasteiger partial charge on any atom is -0.347 e. The third kappa shape index (κ3) is 3.46. The number of nitrogens with one attached hydrogen (secondary N) is 1. The first-order chi connectivity index (χ1) is 7.56. The first-order valence-corrected chi connectivity index (χ1v) is 6.24. The molecular formula is C12H25N3O. The zero-order valence-electron chi connectivity index (χ0n) is 11.0. The summed E-state index contributed by atoms with van der Waals surface area (Å²) in [6.45, 7) is 7.19. The van der Waals surface area contributed by atoms with E-state index in [1.165, 1.54) is 12.8 Å². The number of likely N-dealkylation sites (tertiary alicyclic amines) is 1. The molecule has 2 unspecified atom stereocenters. The van der Waals surface area contributed by atoms with Crippen LogP contribution < -0.4 is 5.32 Å². The molecule has 2 atom stereocenters. The summed E-state index contributed by atoms with van der Waals surface area (Å²) in [5.41, 5.74) is 0. The molecule has 0 aromatic rings. The Bertz CT molecular complexity index is 228. The fourth-order valence-corrected chi connectivity index (χ4v) is 2.34. The number of likely N-dealkylation sites (N-methyl/N-ethyl adjacent to an activating group) is 2. The van der Waals surface area contributed by atoms with Gasteiger partial charge in [-0.1, -0.05) is 6.92 Å². The molecule has 0 aromatic carbocycles. The molecule has 1 saturated heterocycles. The van der Waals surface area contributed by atoms with Gasteiger partial charge < -0.3 is 10.2 Å². The molecule has 0 radical (unpaired) electrons. The number of hydrogen-bond donors (Lipinski definition) is 1. The van der Waals surface area contributed by atoms with Crippen LogP contribution in [-0.2, 0) is 4.79 Å². The number of carbonyl (C=O) groups is 1. The molecule has 1 heterocycles. The number of carbonyl (C=O) groups excluding carboxylic acids is 1. The van der Waals surface area contributed by atoms with Gasteiger partial charge in [0.1, 0.15) is 0 Å². The highest BCUT2D eigenvalue weighted by atomic mass is 16.2. The minimum absolute atomic E-state index is 0.0106. The molecule has 0 aliphatic carbocycles. The van der Waals surface area contributed by atoms with Gasteiger partial charge >= 0.3 is 0 Å². The second-order valence-electron chi connectivity index (χ2n) is 4.80. The number of hydrogen-bond acceptors (Lipinski definition) is 3. The molecule has 4 heteroatoms. The predicted octanol–water partition coefficient (Wildman–Crippen LogP) is 0.537. The van der Waals surface area contributed by atoms with Crippen LogP contribution in [0.5, 0.6) is 0 Å². The third-order valence-corrected chi connectivity index (χ3v) is 3.29. The number of piperidine rings is 1. The van der Waals surface area contributed by atoms with Crippen molar-refractivity contribution in [2.24, 2.45) is 0 Å². The van der Waals surface area contributed by atoms with Gasteiger partial charge in [0.2, 0.25) is 5.91 Å². The topological polar surface area (TPSA) is 35.6 Å². The van der Waals surface area contributed by atoms with Crippen molar-refractivity contribution in [3.8, 4) is 0 Å². The maximum atomic E-state index is 11.9. The van der Waals surface area contributed by atoms with E-state index in [1.54, 1.807) is 4.90 Å². The molecule has 94 valence electrons. The molecule has 0 saturated carbocycles. The maximum absolute atomic E-state index is 11.9. The molecule has 0 spiro atoms. The molecule has 1 aliphatic rings. The third-order valence-electron chi connectivity index (χ3n) is 3.29. The summed E-state index contributed by atoms with van der Waals surface area (Å²) in [5.74, 6) is 0.206. The standard InChI is InChI=1S/C12H25N3O/c1-5-13-11-7-6-8-15(9-11)10(2)12(16)14(3)4/h10-11,13H,5-9H2,1-4H3. The zero-order valence-corrected chi connectivity index (χ0v) is 11.0. The minimum atomic E-state index is 0.0106. The van der Waals surface area contributed by atoms with Crippen LogP contribution in [0.3, 0.4) is 0 Å². The summed E-state index contributed by atoms with van der Waals surface area (Å²) in [4.78, 5) is 15.8. The van der Waals surface area contributed by atoms with Crippen LogP contribution in [-0.4, -0.2) is 61.5 Å². The Hall–Kier alpha value is -0.610. The Morgan fingerprint density at radius 3 is 2.81 bits per heavy atom. The van der Waals surface area contributed by atoms with E-state index in [0.717, 1.165) is 19.6 Å². The van der Waals surface area contributed by atoms with Crippen LogP contribution in [0.1, 0.15) is 26.7 Å². The predicted molar refractivity (Wildman–Crippen MR) is 66.4 cm³/mol. The highest BCUT2D eigenvalue weighted by Gasteiger charge is 2.27. The lowest BCUT2D eigenvalue weighted by molar-refractivity contribution is -0.134. The Kier molecular flexibility index (Phi) is 5.22. The van der Waals surface area contributed by atoms with Gasteiger partial charge in [0.15, 0.2) is 0 Å². The van der Waals surface area contributed by atoms with E-state index < -0.39 is 0 Å². The van der Waals surface area contributed by atoms with Crippen molar-refractivity contribution in [1.29, 1.82) is 0 Å². The Morgan fingerprint density at radius 1 is 1.56 bits per heavy atom. The Labute approximate surface area is 99.0 Å². The first-order valence-electron chi connectivity index (χ1n) is 6.24. The number of rotatable bonds is 4. The van der Waals surface area contributed by atoms with E-state index in [4.69, 9.17) is 0 Å². The van der Waals surface area contributed by atoms with E-state index in [1.807, 2.05) is 21.0 Å². The summed E-state index contributed by atoms with van der Waals surface area (Å²) < 4.78 is 0. The van der Waals surface area contributed by atoms with Crippen molar-refractivity contribution in [1.82, 2.24) is 15.1 Å². The van der Waals surface area contributed by atoms with Gasteiger partial charge in [-0.15, -0.1) is 0 Å². The number of nitrogens with zero attached hydrogens (tertiary/aromatic N) is 2. The Morgan fingerprint density at radius 2 is 2.25 bits per heavy atom. The molecule has 1 amide bonds. The smallest absolute Gasteiger partial charge is 0.239 e. The van der Waals surface area contributed by atoms with Crippen LogP contribution in [0.4, 0.5) is 0 Å². The van der Waals surface area contributed by atoms with E-state index in [9.17, 15) is 4.79 Å². The summed E-state index contributed by atoms with van der Waals surface area (Å²) in [6, 6.07) is 0.563. The van der Waals surface area contributed by atoms with Crippen LogP contribution in [0, 0.1) is 0 Å². The van der Waals surface area contributed by atoms with Crippen LogP contribution >= 0.6 is 0 Å². The highest BCUT2D eigenvalue weighted by molar-refractivity contribution is 5.80. The molecule has 1 aliphatic heterocycles. The van der Waals surface area contributed by atoms with Crippen LogP contribution in [0.25, 0.3) is 0 Å². The van der Waals surface area contributed by atoms with Crippen molar-refractivity contribution < 1.29 is 4.79 Å². The summed E-state index contributed by atoms with van der Waals surface area (Å²) in [5, 5.41) is 3.47. The van der Waals surface area contributed by atoms with Crippen molar-refractivity contribution in [3.63, 3.8) is 0 Å². The monoisotopic (exact) mass is 227 g/mol. The summed E-state index contributed by atoms with van der Waals surface area (Å²) in [6.07, 6.45) is 2.41. The van der Waals surface area contributed by atoms with E-state index >= 15 is 0 Å². The first kappa shape index (κ1) is 13.5. The SMILES string of the molecule is CCNC1CCCN(C(C)C(=O)N(C)C)C1. The van der Waals surface area contributed by atoms with Crippen LogP contribution in [0.15, 0.2) is 0 Å². The van der Waals surface area contributed by atoms with E-state index in [0.29, 0.717) is 6.04 Å². The lowest BCUT2D eigenvalue weighted by atomic mass is 10.0. The molecule has 16 heavy (non-hydrogen) atoms. The lowest BCUT2D eigenvalue weighted by Crippen LogP contribution is -2.53. The van der Waals surface area contributed by atoms with Gasteiger partial charge in [0.25, 0.3) is 0 Å². The van der Waals surface area contributed by atoms with E-state index in [-0.39, 0.29) is 11.9 Å². The second kappa shape index (κ2) is 6.21. The van der Waals surface area contributed by atoms with Crippen molar-refractivity contribution in [2.45, 2.75) is 38.8 Å². The molecular weight excluding hydrogens is 202 g/mol. The molecule has 1 fully saturated rings. The normalized spacial score (nSPS) is 24.1. The highest BCUT2D eigenvalue weighted by Crippen LogP contribution is 2.13. The van der Waals surface area contributed by atoms with Gasteiger partial charge in [-0.25, -0.2) is 0 Å². The zero-order chi connectivity index (χ0) is 12.1. The quantitative estimate of drug-likeness (QED) is 0.761. The van der Waals surface area contributed by atoms with E-state index in [2.05, 4.69) is 17.1 Å². The van der Waals surface area contributed by atoms with Crippen LogP contribution in [0.2, 0.25) is 0 Å². The molecule has 1 N–H and O–H groups in total. The number of amides is 1. The van der Waals surface area contributed by atoms with Gasteiger partial charge in [-0.2, -0.15) is 0 Å². The molecule has 0 aromatic heterocycles. The average Bonchev–Trinajstić information content (AvgIpc) is 2.28. The summed E-state index contributed by atoms with van der Waals surface area (Å²) >= 11 is 0. The van der Waals surface area contributed by atoms with Gasteiger partial charge in [0.05, 0.1) is 6.04 Å². The Balaban J connectivity index is 2.49. The van der Waals surface area contributed by atoms with Gasteiger partial charge in [-0.05, 0) is 32.9 Å². The average molecular weight is 227 g/mol. The van der Waals surface area contributed by atoms with Crippen molar-refractivity contribution in [2.75, 3.05) is 33.7 Å². The lowest BCUT2D eigenvalue weighted by Gasteiger charge is -2.37. The second-order valence-corrected chi connectivity index (χ2v) is 4.80. The van der Waals surface area contributed by atoms with Crippen molar-refractivity contribution >= 4 is 5.91 Å². The summed E-state index contributed by atoms with van der Waals surface area (Å²) in [7, 11) is 3.65. The fourth-order valence-electron chi connectivity index (χ4n) is 2.34. The largest absolute Gasteiger partial charge is 0.347 e. The molecule has 1 rings (SSSR count). The molecule has 4 nitrogen and oxygen atoms in total. The maximum Gasteiger partial charge on any atom is 0.239 e. The van der Waals surface area contributed by atoms with Crippen molar-refractivity contribution in [3.05, 3.63) is 0 Å².